The Balaban J connectivity index is 1.97. The van der Waals surface area contributed by atoms with Gasteiger partial charge >= 0.3 is 0 Å². The highest BCUT2D eigenvalue weighted by molar-refractivity contribution is 7.10. The van der Waals surface area contributed by atoms with E-state index in [0.717, 1.165) is 38.8 Å². The molecule has 0 radical (unpaired) electrons. The van der Waals surface area contributed by atoms with Crippen LogP contribution in [-0.2, 0) is 4.74 Å². The quantitative estimate of drug-likeness (QED) is 0.475. The van der Waals surface area contributed by atoms with Crippen molar-refractivity contribution in [3.05, 3.63) is 35.0 Å². The van der Waals surface area contributed by atoms with E-state index in [2.05, 4.69) is 44.6 Å². The SMILES string of the molecule is C=CCNC(=NC)NCC(c1cccs1)N1CCOCC1. The van der Waals surface area contributed by atoms with Crippen molar-refractivity contribution < 1.29 is 4.74 Å². The number of hydrogen-bond acceptors (Lipinski definition) is 4. The summed E-state index contributed by atoms with van der Waals surface area (Å²) in [5, 5.41) is 8.74. The molecule has 1 atom stereocenters. The third kappa shape index (κ3) is 4.84. The molecule has 2 heterocycles. The van der Waals surface area contributed by atoms with Crippen LogP contribution >= 0.6 is 11.3 Å². The molecule has 5 nitrogen and oxygen atoms in total. The molecule has 1 aromatic heterocycles. The van der Waals surface area contributed by atoms with Crippen LogP contribution in [-0.4, -0.2) is 57.3 Å². The van der Waals surface area contributed by atoms with Crippen LogP contribution in [0.3, 0.4) is 0 Å². The molecule has 21 heavy (non-hydrogen) atoms. The van der Waals surface area contributed by atoms with Gasteiger partial charge in [0.15, 0.2) is 5.96 Å². The maximum atomic E-state index is 5.46. The molecule has 6 heteroatoms. The lowest BCUT2D eigenvalue weighted by Gasteiger charge is -2.34. The molecule has 0 saturated carbocycles. The van der Waals surface area contributed by atoms with Gasteiger partial charge in [-0.15, -0.1) is 17.9 Å². The smallest absolute Gasteiger partial charge is 0.191 e. The topological polar surface area (TPSA) is 48.9 Å². The molecule has 2 N–H and O–H groups in total. The second-order valence-electron chi connectivity index (χ2n) is 4.80. The molecule has 0 bridgehead atoms. The van der Waals surface area contributed by atoms with E-state index in [0.29, 0.717) is 12.6 Å². The van der Waals surface area contributed by atoms with E-state index in [-0.39, 0.29) is 0 Å². The fourth-order valence-electron chi connectivity index (χ4n) is 2.36. The first-order chi connectivity index (χ1) is 10.3. The minimum atomic E-state index is 0.358. The third-order valence-electron chi connectivity index (χ3n) is 3.46. The van der Waals surface area contributed by atoms with Gasteiger partial charge in [-0.25, -0.2) is 0 Å². The van der Waals surface area contributed by atoms with Crippen LogP contribution in [0, 0.1) is 0 Å². The molecule has 0 aliphatic carbocycles. The Morgan fingerprint density at radius 1 is 1.52 bits per heavy atom. The normalized spacial score (nSPS) is 18.2. The van der Waals surface area contributed by atoms with Crippen LogP contribution in [0.4, 0.5) is 0 Å². The van der Waals surface area contributed by atoms with Crippen molar-refractivity contribution >= 4 is 17.3 Å². The van der Waals surface area contributed by atoms with E-state index >= 15 is 0 Å². The van der Waals surface area contributed by atoms with Crippen LogP contribution < -0.4 is 10.6 Å². The van der Waals surface area contributed by atoms with Crippen molar-refractivity contribution in [1.82, 2.24) is 15.5 Å². The average molecular weight is 308 g/mol. The summed E-state index contributed by atoms with van der Waals surface area (Å²) in [4.78, 5) is 8.08. The second kappa shape index (κ2) is 8.81. The number of morpholine rings is 1. The molecule has 2 rings (SSSR count). The molecule has 1 aliphatic heterocycles. The van der Waals surface area contributed by atoms with Crippen molar-refractivity contribution in [2.45, 2.75) is 6.04 Å². The lowest BCUT2D eigenvalue weighted by Crippen LogP contribution is -2.46. The van der Waals surface area contributed by atoms with Crippen molar-refractivity contribution in [1.29, 1.82) is 0 Å². The Kier molecular flexibility index (Phi) is 6.72. The monoisotopic (exact) mass is 308 g/mol. The van der Waals surface area contributed by atoms with E-state index in [1.54, 1.807) is 18.4 Å². The zero-order valence-corrected chi connectivity index (χ0v) is 13.4. The summed E-state index contributed by atoms with van der Waals surface area (Å²) in [5.74, 6) is 0.810. The molecule has 0 spiro atoms. The summed E-state index contributed by atoms with van der Waals surface area (Å²) < 4.78 is 5.46. The van der Waals surface area contributed by atoms with Gasteiger partial charge in [-0.05, 0) is 11.4 Å². The van der Waals surface area contributed by atoms with Crippen molar-refractivity contribution in [3.8, 4) is 0 Å². The van der Waals surface area contributed by atoms with Crippen LogP contribution in [0.5, 0.6) is 0 Å². The lowest BCUT2D eigenvalue weighted by atomic mass is 10.2. The number of hydrogen-bond donors (Lipinski definition) is 2. The van der Waals surface area contributed by atoms with Crippen LogP contribution in [0.2, 0.25) is 0 Å². The molecule has 1 aliphatic rings. The van der Waals surface area contributed by atoms with Gasteiger partial charge in [-0.2, -0.15) is 0 Å². The largest absolute Gasteiger partial charge is 0.379 e. The molecule has 1 saturated heterocycles. The third-order valence-corrected chi connectivity index (χ3v) is 4.43. The van der Waals surface area contributed by atoms with E-state index < -0.39 is 0 Å². The van der Waals surface area contributed by atoms with Gasteiger partial charge in [0.05, 0.1) is 19.3 Å². The highest BCUT2D eigenvalue weighted by atomic mass is 32.1. The lowest BCUT2D eigenvalue weighted by molar-refractivity contribution is 0.0177. The van der Waals surface area contributed by atoms with E-state index in [4.69, 9.17) is 4.74 Å². The molecule has 116 valence electrons. The summed E-state index contributed by atoms with van der Waals surface area (Å²) in [6.45, 7) is 8.82. The van der Waals surface area contributed by atoms with Gasteiger partial charge in [0.2, 0.25) is 0 Å². The number of aliphatic imine (C=N–C) groups is 1. The summed E-state index contributed by atoms with van der Waals surface area (Å²) in [6, 6.07) is 4.67. The van der Waals surface area contributed by atoms with Crippen LogP contribution in [0.25, 0.3) is 0 Å². The molecule has 0 aromatic carbocycles. The van der Waals surface area contributed by atoms with Gasteiger partial charge in [0.25, 0.3) is 0 Å². The number of thiophene rings is 1. The van der Waals surface area contributed by atoms with Gasteiger partial charge in [-0.1, -0.05) is 12.1 Å². The fourth-order valence-corrected chi connectivity index (χ4v) is 3.22. The minimum Gasteiger partial charge on any atom is -0.379 e. The minimum absolute atomic E-state index is 0.358. The van der Waals surface area contributed by atoms with Gasteiger partial charge in [-0.3, -0.25) is 9.89 Å². The predicted octanol–water partition coefficient (Wildman–Crippen LogP) is 1.47. The Labute approximate surface area is 130 Å². The first kappa shape index (κ1) is 16.0. The van der Waals surface area contributed by atoms with Crippen molar-refractivity contribution in [2.75, 3.05) is 46.4 Å². The van der Waals surface area contributed by atoms with Gasteiger partial charge in [0.1, 0.15) is 0 Å². The molecule has 1 fully saturated rings. The van der Waals surface area contributed by atoms with Crippen LogP contribution in [0.15, 0.2) is 35.2 Å². The average Bonchev–Trinajstić information content (AvgIpc) is 3.06. The van der Waals surface area contributed by atoms with Gasteiger partial charge in [0, 0.05) is 38.1 Å². The molecule has 1 unspecified atom stereocenters. The highest BCUT2D eigenvalue weighted by Crippen LogP contribution is 2.25. The number of nitrogens with zero attached hydrogens (tertiary/aromatic N) is 2. The van der Waals surface area contributed by atoms with Crippen molar-refractivity contribution in [2.24, 2.45) is 4.99 Å². The van der Waals surface area contributed by atoms with E-state index in [9.17, 15) is 0 Å². The first-order valence-electron chi connectivity index (χ1n) is 7.25. The van der Waals surface area contributed by atoms with Gasteiger partial charge < -0.3 is 15.4 Å². The first-order valence-corrected chi connectivity index (χ1v) is 8.13. The summed E-state index contributed by atoms with van der Waals surface area (Å²) in [7, 11) is 1.79. The molecular formula is C15H24N4OS. The maximum Gasteiger partial charge on any atom is 0.191 e. The fraction of sp³-hybridized carbons (Fsp3) is 0.533. The standard InChI is InChI=1S/C15H24N4OS/c1-3-6-17-15(16-2)18-12-13(14-5-4-11-21-14)19-7-9-20-10-8-19/h3-5,11,13H,1,6-10,12H2,2H3,(H2,16,17,18). The summed E-state index contributed by atoms with van der Waals surface area (Å²) in [6.07, 6.45) is 1.82. The summed E-state index contributed by atoms with van der Waals surface area (Å²) in [5.41, 5.74) is 0. The Morgan fingerprint density at radius 2 is 2.33 bits per heavy atom. The Hall–Kier alpha value is -1.37. The molecule has 1 aromatic rings. The van der Waals surface area contributed by atoms with E-state index in [1.807, 2.05) is 6.08 Å². The Bertz CT molecular complexity index is 441. The predicted molar refractivity (Wildman–Crippen MR) is 89.0 cm³/mol. The number of rotatable bonds is 6. The maximum absolute atomic E-state index is 5.46. The van der Waals surface area contributed by atoms with E-state index in [1.165, 1.54) is 4.88 Å². The second-order valence-corrected chi connectivity index (χ2v) is 5.78. The Morgan fingerprint density at radius 3 is 2.95 bits per heavy atom. The number of nitrogens with one attached hydrogen (secondary N) is 2. The number of guanidine groups is 1. The molecular weight excluding hydrogens is 284 g/mol. The highest BCUT2D eigenvalue weighted by Gasteiger charge is 2.23. The molecule has 0 amide bonds. The zero-order valence-electron chi connectivity index (χ0n) is 12.5. The number of ether oxygens (including phenoxy) is 1. The zero-order chi connectivity index (χ0) is 14.9. The summed E-state index contributed by atoms with van der Waals surface area (Å²) >= 11 is 1.80. The van der Waals surface area contributed by atoms with Crippen molar-refractivity contribution in [3.63, 3.8) is 0 Å². The van der Waals surface area contributed by atoms with Crippen LogP contribution in [0.1, 0.15) is 10.9 Å².